The number of unbranched alkanes of at least 4 members (excludes halogenated alkanes) is 22. The number of hydrogen-bond donors (Lipinski definition) is 2. The summed E-state index contributed by atoms with van der Waals surface area (Å²) in [7, 11) is -4.65. The van der Waals surface area contributed by atoms with Crippen molar-refractivity contribution in [1.82, 2.24) is 0 Å². The average molecular weight is 605 g/mol. The molecule has 0 rings (SSSR count). The summed E-state index contributed by atoms with van der Waals surface area (Å²) in [5, 5.41) is 0. The highest BCUT2D eigenvalue weighted by molar-refractivity contribution is 7.46. The van der Waals surface area contributed by atoms with Crippen LogP contribution in [-0.4, -0.2) is 35.1 Å². The van der Waals surface area contributed by atoms with Crippen LogP contribution in [0.4, 0.5) is 0 Å². The highest BCUT2D eigenvalue weighted by Crippen LogP contribution is 2.35. The van der Waals surface area contributed by atoms with Crippen molar-refractivity contribution in [3.05, 3.63) is 12.3 Å². The first kappa shape index (κ1) is 40.1. The van der Waals surface area contributed by atoms with E-state index in [-0.39, 0.29) is 19.0 Å². The SMILES string of the molecule is CCCCCCCCCCCCCC/C=C\OC[C@H](COP(=O)(O)O)OC(=O)CCCCCCCCCCCCC. The Balaban J connectivity index is 3.90. The van der Waals surface area contributed by atoms with E-state index in [1.54, 1.807) is 6.26 Å². The fraction of sp³-hybridized carbons (Fsp3) is 0.909. The van der Waals surface area contributed by atoms with Crippen LogP contribution < -0.4 is 0 Å². The zero-order valence-electron chi connectivity index (χ0n) is 26.7. The minimum atomic E-state index is -4.65. The average Bonchev–Trinajstić information content (AvgIpc) is 2.93. The lowest BCUT2D eigenvalue weighted by Crippen LogP contribution is -2.27. The fourth-order valence-corrected chi connectivity index (χ4v) is 5.24. The molecule has 0 aliphatic rings. The van der Waals surface area contributed by atoms with Crippen molar-refractivity contribution in [1.29, 1.82) is 0 Å². The Labute approximate surface area is 252 Å². The molecule has 2 N–H and O–H groups in total. The Hall–Kier alpha value is -0.880. The highest BCUT2D eigenvalue weighted by atomic mass is 31.2. The number of phosphoric ester groups is 1. The van der Waals surface area contributed by atoms with Gasteiger partial charge in [0.1, 0.15) is 6.61 Å². The Bertz CT molecular complexity index is 635. The van der Waals surface area contributed by atoms with E-state index in [1.807, 2.05) is 6.08 Å². The van der Waals surface area contributed by atoms with Gasteiger partial charge in [0, 0.05) is 6.42 Å². The molecule has 0 saturated heterocycles. The third-order valence-electron chi connectivity index (χ3n) is 7.41. The van der Waals surface area contributed by atoms with E-state index in [4.69, 9.17) is 19.3 Å². The fourth-order valence-electron chi connectivity index (χ4n) is 4.88. The van der Waals surface area contributed by atoms with Gasteiger partial charge in [-0.15, -0.1) is 0 Å². The molecule has 0 fully saturated rings. The smallest absolute Gasteiger partial charge is 0.469 e. The maximum Gasteiger partial charge on any atom is 0.469 e. The van der Waals surface area contributed by atoms with Crippen molar-refractivity contribution in [2.24, 2.45) is 0 Å². The molecule has 8 heteroatoms. The zero-order chi connectivity index (χ0) is 30.3. The maximum absolute atomic E-state index is 12.3. The van der Waals surface area contributed by atoms with Gasteiger partial charge in [-0.3, -0.25) is 9.32 Å². The van der Waals surface area contributed by atoms with E-state index in [2.05, 4.69) is 18.4 Å². The first-order valence-corrected chi connectivity index (χ1v) is 18.6. The molecule has 0 radical (unpaired) electrons. The Morgan fingerprint density at radius 1 is 0.634 bits per heavy atom. The Morgan fingerprint density at radius 3 is 1.49 bits per heavy atom. The zero-order valence-corrected chi connectivity index (χ0v) is 27.6. The third-order valence-corrected chi connectivity index (χ3v) is 7.90. The van der Waals surface area contributed by atoms with Crippen LogP contribution in [0.25, 0.3) is 0 Å². The first-order chi connectivity index (χ1) is 19.9. The summed E-state index contributed by atoms with van der Waals surface area (Å²) in [6.45, 7) is 4.09. The van der Waals surface area contributed by atoms with Gasteiger partial charge in [-0.2, -0.15) is 0 Å². The van der Waals surface area contributed by atoms with E-state index < -0.39 is 20.5 Å². The van der Waals surface area contributed by atoms with Gasteiger partial charge in [0.05, 0.1) is 12.9 Å². The van der Waals surface area contributed by atoms with Crippen LogP contribution in [0.15, 0.2) is 12.3 Å². The van der Waals surface area contributed by atoms with Gasteiger partial charge in [0.15, 0.2) is 6.10 Å². The molecular weight excluding hydrogens is 539 g/mol. The van der Waals surface area contributed by atoms with E-state index in [1.165, 1.54) is 122 Å². The van der Waals surface area contributed by atoms with Gasteiger partial charge < -0.3 is 19.3 Å². The summed E-state index contributed by atoms with van der Waals surface area (Å²) in [6.07, 6.45) is 32.9. The summed E-state index contributed by atoms with van der Waals surface area (Å²) in [5.74, 6) is -0.385. The number of allylic oxidation sites excluding steroid dienone is 1. The minimum absolute atomic E-state index is 0.00105. The van der Waals surface area contributed by atoms with Gasteiger partial charge in [-0.05, 0) is 25.3 Å². The number of hydrogen-bond acceptors (Lipinski definition) is 5. The number of phosphoric acid groups is 1. The van der Waals surface area contributed by atoms with Crippen LogP contribution in [0.1, 0.15) is 174 Å². The Kier molecular flexibility index (Phi) is 29.9. The van der Waals surface area contributed by atoms with Crippen LogP contribution in [0.2, 0.25) is 0 Å². The van der Waals surface area contributed by atoms with Gasteiger partial charge in [-0.1, -0.05) is 149 Å². The van der Waals surface area contributed by atoms with Crippen molar-refractivity contribution in [3.8, 4) is 0 Å². The maximum atomic E-state index is 12.3. The second-order valence-corrected chi connectivity index (χ2v) is 12.8. The lowest BCUT2D eigenvalue weighted by Gasteiger charge is -2.18. The molecule has 0 heterocycles. The molecule has 0 amide bonds. The lowest BCUT2D eigenvalue weighted by atomic mass is 10.0. The molecule has 0 saturated carbocycles. The molecule has 0 aromatic rings. The standard InChI is InChI=1S/C33H65O7P/c1-3-5-7-9-11-13-15-16-17-19-21-23-25-27-29-38-30-32(31-39-41(35,36)37)40-33(34)28-26-24-22-20-18-14-12-10-8-6-4-2/h27,29,32H,3-26,28,30-31H2,1-2H3,(H2,35,36,37)/b29-27-/t32-/m1/s1. The molecule has 0 spiro atoms. The van der Waals surface area contributed by atoms with Crippen LogP contribution >= 0.6 is 7.82 Å². The number of carbonyl (C=O) groups excluding carboxylic acids is 1. The van der Waals surface area contributed by atoms with E-state index in [9.17, 15) is 9.36 Å². The molecule has 41 heavy (non-hydrogen) atoms. The summed E-state index contributed by atoms with van der Waals surface area (Å²) in [6, 6.07) is 0. The Morgan fingerprint density at radius 2 is 1.05 bits per heavy atom. The summed E-state index contributed by atoms with van der Waals surface area (Å²) < 4.78 is 26.6. The highest BCUT2D eigenvalue weighted by Gasteiger charge is 2.21. The topological polar surface area (TPSA) is 102 Å². The molecule has 0 bridgehead atoms. The number of rotatable bonds is 32. The quantitative estimate of drug-likeness (QED) is 0.0341. The van der Waals surface area contributed by atoms with Crippen LogP contribution in [0, 0.1) is 0 Å². The van der Waals surface area contributed by atoms with Crippen molar-refractivity contribution < 1.29 is 33.1 Å². The largest absolute Gasteiger partial charge is 0.498 e. The molecule has 0 aromatic heterocycles. The van der Waals surface area contributed by atoms with E-state index in [0.717, 1.165) is 32.1 Å². The van der Waals surface area contributed by atoms with Crippen LogP contribution in [-0.2, 0) is 23.4 Å². The molecular formula is C33H65O7P. The lowest BCUT2D eigenvalue weighted by molar-refractivity contribution is -0.153. The normalized spacial score (nSPS) is 12.7. The van der Waals surface area contributed by atoms with Gasteiger partial charge in [-0.25, -0.2) is 4.57 Å². The third kappa shape index (κ3) is 33.5. The monoisotopic (exact) mass is 604 g/mol. The summed E-state index contributed by atoms with van der Waals surface area (Å²) in [5.41, 5.74) is 0. The number of ether oxygens (including phenoxy) is 2. The summed E-state index contributed by atoms with van der Waals surface area (Å²) in [4.78, 5) is 30.3. The molecule has 0 aliphatic carbocycles. The first-order valence-electron chi connectivity index (χ1n) is 17.0. The van der Waals surface area contributed by atoms with E-state index >= 15 is 0 Å². The molecule has 7 nitrogen and oxygen atoms in total. The number of carbonyl (C=O) groups is 1. The molecule has 0 unspecified atom stereocenters. The predicted molar refractivity (Wildman–Crippen MR) is 170 cm³/mol. The molecule has 244 valence electrons. The van der Waals surface area contributed by atoms with Gasteiger partial charge >= 0.3 is 13.8 Å². The van der Waals surface area contributed by atoms with Crippen molar-refractivity contribution in [2.75, 3.05) is 13.2 Å². The molecule has 0 aromatic carbocycles. The van der Waals surface area contributed by atoms with Crippen LogP contribution in [0.3, 0.4) is 0 Å². The second-order valence-electron chi connectivity index (χ2n) is 11.6. The number of esters is 1. The van der Waals surface area contributed by atoms with E-state index in [0.29, 0.717) is 0 Å². The van der Waals surface area contributed by atoms with Crippen molar-refractivity contribution in [2.45, 2.75) is 180 Å². The predicted octanol–water partition coefficient (Wildman–Crippen LogP) is 10.3. The van der Waals surface area contributed by atoms with Crippen LogP contribution in [0.5, 0.6) is 0 Å². The van der Waals surface area contributed by atoms with Crippen molar-refractivity contribution >= 4 is 13.8 Å². The molecule has 1 atom stereocenters. The summed E-state index contributed by atoms with van der Waals surface area (Å²) >= 11 is 0. The molecule has 0 aliphatic heterocycles. The van der Waals surface area contributed by atoms with Crippen molar-refractivity contribution in [3.63, 3.8) is 0 Å². The second kappa shape index (κ2) is 30.6. The van der Waals surface area contributed by atoms with Gasteiger partial charge in [0.25, 0.3) is 0 Å². The minimum Gasteiger partial charge on any atom is -0.498 e. The van der Waals surface area contributed by atoms with Gasteiger partial charge in [0.2, 0.25) is 0 Å².